The molecule has 0 spiro atoms. The van der Waals surface area contributed by atoms with E-state index >= 15 is 0 Å². The number of ether oxygens (including phenoxy) is 2. The Hall–Kier alpha value is -2.62. The second-order valence-corrected chi connectivity index (χ2v) is 11.1. The van der Waals surface area contributed by atoms with Crippen LogP contribution in [0.5, 0.6) is 11.5 Å². The van der Waals surface area contributed by atoms with Gasteiger partial charge in [0.25, 0.3) is 0 Å². The molecule has 2 saturated heterocycles. The third-order valence-corrected chi connectivity index (χ3v) is 7.54. The smallest absolute Gasteiger partial charge is 0.161 e. The summed E-state index contributed by atoms with van der Waals surface area (Å²) in [5.74, 6) is 4.09. The summed E-state index contributed by atoms with van der Waals surface area (Å²) >= 11 is 0. The Balaban J connectivity index is 1.28. The molecule has 2 aliphatic rings. The average Bonchev–Trinajstić information content (AvgIpc) is 3.27. The van der Waals surface area contributed by atoms with Crippen LogP contribution in [-0.2, 0) is 6.54 Å². The molecule has 0 saturated carbocycles. The molecule has 9 nitrogen and oxygen atoms in total. The van der Waals surface area contributed by atoms with Crippen molar-refractivity contribution < 1.29 is 14.6 Å². The summed E-state index contributed by atoms with van der Waals surface area (Å²) < 4.78 is 11.7. The lowest BCUT2D eigenvalue weighted by Crippen LogP contribution is -2.43. The zero-order valence-electron chi connectivity index (χ0n) is 23.2. The van der Waals surface area contributed by atoms with Crippen LogP contribution in [0, 0.1) is 5.92 Å². The van der Waals surface area contributed by atoms with Gasteiger partial charge in [0.1, 0.15) is 24.6 Å². The SMILES string of the molecule is COc1cc(CN(C)C[C@]2(O)CCN(c3cc(N(C)C)ncn3)C2)ccc1OCCN1CCC(C)CC1. The van der Waals surface area contributed by atoms with Crippen molar-refractivity contribution in [2.45, 2.75) is 38.3 Å². The highest BCUT2D eigenvalue weighted by Gasteiger charge is 2.37. The lowest BCUT2D eigenvalue weighted by molar-refractivity contribution is 0.0279. The Morgan fingerprint density at radius 3 is 2.59 bits per heavy atom. The van der Waals surface area contributed by atoms with E-state index in [4.69, 9.17) is 9.47 Å². The molecule has 9 heteroatoms. The summed E-state index contributed by atoms with van der Waals surface area (Å²) in [6, 6.07) is 8.11. The first-order chi connectivity index (χ1) is 17.7. The Morgan fingerprint density at radius 1 is 1.08 bits per heavy atom. The number of likely N-dealkylation sites (tertiary alicyclic amines) is 1. The van der Waals surface area contributed by atoms with Gasteiger partial charge in [-0.2, -0.15) is 0 Å². The number of benzene rings is 1. The van der Waals surface area contributed by atoms with Gasteiger partial charge in [-0.25, -0.2) is 9.97 Å². The van der Waals surface area contributed by atoms with E-state index in [9.17, 15) is 5.11 Å². The number of piperidine rings is 1. The van der Waals surface area contributed by atoms with Crippen LogP contribution in [0.2, 0.25) is 0 Å². The van der Waals surface area contributed by atoms with Crippen LogP contribution in [0.3, 0.4) is 0 Å². The predicted octanol–water partition coefficient (Wildman–Crippen LogP) is 2.74. The number of aromatic nitrogens is 2. The molecule has 2 fully saturated rings. The van der Waals surface area contributed by atoms with Crippen molar-refractivity contribution in [1.82, 2.24) is 19.8 Å². The maximum Gasteiger partial charge on any atom is 0.161 e. The summed E-state index contributed by atoms with van der Waals surface area (Å²) in [5, 5.41) is 11.3. The molecule has 1 aromatic carbocycles. The fourth-order valence-corrected chi connectivity index (χ4v) is 5.31. The van der Waals surface area contributed by atoms with Crippen LogP contribution in [0.25, 0.3) is 0 Å². The largest absolute Gasteiger partial charge is 0.493 e. The molecule has 0 unspecified atom stereocenters. The molecule has 2 aliphatic heterocycles. The minimum Gasteiger partial charge on any atom is -0.493 e. The minimum atomic E-state index is -0.794. The summed E-state index contributed by atoms with van der Waals surface area (Å²) in [4.78, 5) is 17.5. The molecule has 0 radical (unpaired) electrons. The normalized spacial score (nSPS) is 21.0. The van der Waals surface area contributed by atoms with Crippen molar-refractivity contribution >= 4 is 11.6 Å². The number of anilines is 2. The Labute approximate surface area is 222 Å². The summed E-state index contributed by atoms with van der Waals surface area (Å²) in [7, 11) is 7.66. The Kier molecular flexibility index (Phi) is 9.10. The third kappa shape index (κ3) is 7.46. The number of β-amino-alcohol motifs (C(OH)–C–C–N with tert-alkyl or cyclic N) is 1. The average molecular weight is 513 g/mol. The van der Waals surface area contributed by atoms with E-state index in [1.54, 1.807) is 13.4 Å². The molecular formula is C28H44N6O3. The van der Waals surface area contributed by atoms with Gasteiger partial charge in [-0.15, -0.1) is 0 Å². The van der Waals surface area contributed by atoms with Crippen LogP contribution < -0.4 is 19.3 Å². The number of nitrogens with zero attached hydrogens (tertiary/aromatic N) is 6. The zero-order chi connectivity index (χ0) is 26.4. The molecule has 1 atom stereocenters. The second kappa shape index (κ2) is 12.3. The summed E-state index contributed by atoms with van der Waals surface area (Å²) in [5.41, 5.74) is 0.332. The quantitative estimate of drug-likeness (QED) is 0.489. The van der Waals surface area contributed by atoms with Crippen LogP contribution in [0.1, 0.15) is 31.7 Å². The third-order valence-electron chi connectivity index (χ3n) is 7.54. The van der Waals surface area contributed by atoms with E-state index in [0.717, 1.165) is 60.8 Å². The molecule has 4 rings (SSSR count). The van der Waals surface area contributed by atoms with Crippen molar-refractivity contribution in [3.8, 4) is 11.5 Å². The topological polar surface area (TPSA) is 77.4 Å². The van der Waals surface area contributed by atoms with Crippen molar-refractivity contribution in [2.75, 3.05) is 83.9 Å². The molecule has 2 aromatic rings. The number of hydrogen-bond donors (Lipinski definition) is 1. The van der Waals surface area contributed by atoms with Gasteiger partial charge in [-0.3, -0.25) is 9.80 Å². The summed E-state index contributed by atoms with van der Waals surface area (Å²) in [6.07, 6.45) is 4.83. The predicted molar refractivity (Wildman–Crippen MR) is 148 cm³/mol. The lowest BCUT2D eigenvalue weighted by atomic mass is 9.99. The molecule has 1 aromatic heterocycles. The van der Waals surface area contributed by atoms with Crippen LogP contribution >= 0.6 is 0 Å². The first kappa shape index (κ1) is 27.4. The molecule has 1 N–H and O–H groups in total. The second-order valence-electron chi connectivity index (χ2n) is 11.1. The fraction of sp³-hybridized carbons (Fsp3) is 0.643. The maximum absolute atomic E-state index is 11.3. The molecule has 37 heavy (non-hydrogen) atoms. The minimum absolute atomic E-state index is 0.549. The van der Waals surface area contributed by atoms with E-state index in [-0.39, 0.29) is 0 Å². The lowest BCUT2D eigenvalue weighted by Gasteiger charge is -2.30. The van der Waals surface area contributed by atoms with Gasteiger partial charge < -0.3 is 24.4 Å². The van der Waals surface area contributed by atoms with E-state index in [0.29, 0.717) is 32.7 Å². The molecule has 0 aliphatic carbocycles. The first-order valence-electron chi connectivity index (χ1n) is 13.4. The number of hydrogen-bond acceptors (Lipinski definition) is 9. The van der Waals surface area contributed by atoms with Crippen molar-refractivity contribution in [3.63, 3.8) is 0 Å². The van der Waals surface area contributed by atoms with Gasteiger partial charge in [0, 0.05) is 52.9 Å². The van der Waals surface area contributed by atoms with Gasteiger partial charge in [0.15, 0.2) is 11.5 Å². The monoisotopic (exact) mass is 512 g/mol. The van der Waals surface area contributed by atoms with Crippen LogP contribution in [0.15, 0.2) is 30.6 Å². The van der Waals surface area contributed by atoms with Gasteiger partial charge >= 0.3 is 0 Å². The Bertz CT molecular complexity index is 1010. The van der Waals surface area contributed by atoms with Gasteiger partial charge in [0.05, 0.1) is 12.7 Å². The highest BCUT2D eigenvalue weighted by molar-refractivity contribution is 5.50. The standard InChI is InChI=1S/C28H44N6O3/c1-22-8-11-33(12-9-22)14-15-37-24-7-6-23(16-25(24)36-5)18-32(4)19-28(35)10-13-34(20-28)27-17-26(31(2)3)29-21-30-27/h6-7,16-17,21-22,35H,8-15,18-20H2,1-5H3/t28-/m1/s1. The maximum atomic E-state index is 11.3. The van der Waals surface area contributed by atoms with Crippen molar-refractivity contribution in [3.05, 3.63) is 36.2 Å². The van der Waals surface area contributed by atoms with Crippen LogP contribution in [0.4, 0.5) is 11.6 Å². The van der Waals surface area contributed by atoms with E-state index < -0.39 is 5.60 Å². The molecule has 0 amide bonds. The van der Waals surface area contributed by atoms with Crippen molar-refractivity contribution in [1.29, 1.82) is 0 Å². The molecule has 204 valence electrons. The van der Waals surface area contributed by atoms with Gasteiger partial charge in [0.2, 0.25) is 0 Å². The molecule has 0 bridgehead atoms. The van der Waals surface area contributed by atoms with E-state index in [1.165, 1.54) is 12.8 Å². The van der Waals surface area contributed by atoms with Gasteiger partial charge in [-0.1, -0.05) is 13.0 Å². The number of likely N-dealkylation sites (N-methyl/N-ethyl adjacent to an activating group) is 1. The summed E-state index contributed by atoms with van der Waals surface area (Å²) in [6.45, 7) is 8.87. The highest BCUT2D eigenvalue weighted by atomic mass is 16.5. The number of methoxy groups -OCH3 is 1. The molecule has 3 heterocycles. The molecular weight excluding hydrogens is 468 g/mol. The first-order valence-corrected chi connectivity index (χ1v) is 13.4. The fourth-order valence-electron chi connectivity index (χ4n) is 5.31. The Morgan fingerprint density at radius 2 is 1.86 bits per heavy atom. The number of rotatable bonds is 11. The zero-order valence-corrected chi connectivity index (χ0v) is 23.2. The highest BCUT2D eigenvalue weighted by Crippen LogP contribution is 2.30. The van der Waals surface area contributed by atoms with Crippen molar-refractivity contribution in [2.24, 2.45) is 5.92 Å². The number of aliphatic hydroxyl groups is 1. The van der Waals surface area contributed by atoms with E-state index in [1.807, 2.05) is 44.2 Å². The van der Waals surface area contributed by atoms with Gasteiger partial charge in [-0.05, 0) is 63.0 Å². The van der Waals surface area contributed by atoms with Crippen LogP contribution in [-0.4, -0.2) is 105 Å². The van der Waals surface area contributed by atoms with E-state index in [2.05, 4.69) is 37.7 Å².